The quantitative estimate of drug-likeness (QED) is 0.809. The number of sulfonamides is 1. The van der Waals surface area contributed by atoms with Crippen molar-refractivity contribution in [3.05, 3.63) is 23.8 Å². The maximum Gasteiger partial charge on any atom is 0.265 e. The van der Waals surface area contributed by atoms with Crippen molar-refractivity contribution in [3.8, 4) is 0 Å². The van der Waals surface area contributed by atoms with Crippen molar-refractivity contribution in [2.24, 2.45) is 0 Å². The van der Waals surface area contributed by atoms with Crippen LogP contribution in [-0.4, -0.2) is 26.0 Å². The van der Waals surface area contributed by atoms with Gasteiger partial charge in [-0.1, -0.05) is 10.5 Å². The molecule has 2 rings (SSSR count). The van der Waals surface area contributed by atoms with Gasteiger partial charge in [0.15, 0.2) is 0 Å². The number of hydrogen-bond donors (Lipinski definition) is 1. The monoisotopic (exact) mass is 256 g/mol. The molecule has 1 fully saturated rings. The largest absolute Gasteiger partial charge is 0.399 e. The minimum absolute atomic E-state index is 0.222. The molecule has 1 aliphatic rings. The van der Waals surface area contributed by atoms with Crippen LogP contribution in [0.5, 0.6) is 0 Å². The molecule has 5 nitrogen and oxygen atoms in total. The minimum atomic E-state index is -3.58. The van der Waals surface area contributed by atoms with E-state index < -0.39 is 10.0 Å². The molecule has 1 aliphatic heterocycles. The Bertz CT molecular complexity index is 507. The fourth-order valence-electron chi connectivity index (χ4n) is 1.77. The topological polar surface area (TPSA) is 72.6 Å². The lowest BCUT2D eigenvalue weighted by atomic mass is 10.2. The first-order valence-corrected chi connectivity index (χ1v) is 6.97. The molecule has 0 bridgehead atoms. The number of nitrogens with zero attached hydrogens (tertiary/aromatic N) is 1. The van der Waals surface area contributed by atoms with Crippen LogP contribution in [0, 0.1) is 6.92 Å². The number of anilines is 1. The van der Waals surface area contributed by atoms with Gasteiger partial charge in [-0.15, -0.1) is 0 Å². The molecule has 17 heavy (non-hydrogen) atoms. The average Bonchev–Trinajstić information content (AvgIpc) is 2.33. The first-order chi connectivity index (χ1) is 8.01. The number of rotatable bonds is 2. The third-order valence-electron chi connectivity index (χ3n) is 2.73. The molecule has 0 atom stereocenters. The second kappa shape index (κ2) is 4.64. The van der Waals surface area contributed by atoms with Crippen LogP contribution in [0.3, 0.4) is 0 Å². The van der Waals surface area contributed by atoms with Gasteiger partial charge in [-0.05, 0) is 37.5 Å². The number of aryl methyl sites for hydroxylation is 1. The van der Waals surface area contributed by atoms with Crippen LogP contribution in [0.15, 0.2) is 23.1 Å². The summed E-state index contributed by atoms with van der Waals surface area (Å²) in [5.41, 5.74) is 6.74. The highest BCUT2D eigenvalue weighted by Crippen LogP contribution is 2.24. The van der Waals surface area contributed by atoms with E-state index in [0.717, 1.165) is 17.3 Å². The molecule has 1 heterocycles. The third-order valence-corrected chi connectivity index (χ3v) is 4.55. The molecule has 0 unspecified atom stereocenters. The zero-order valence-corrected chi connectivity index (χ0v) is 10.5. The smallest absolute Gasteiger partial charge is 0.265 e. The summed E-state index contributed by atoms with van der Waals surface area (Å²) in [7, 11) is -3.58. The van der Waals surface area contributed by atoms with E-state index in [4.69, 9.17) is 10.6 Å². The highest BCUT2D eigenvalue weighted by atomic mass is 32.2. The van der Waals surface area contributed by atoms with E-state index in [0.29, 0.717) is 24.4 Å². The van der Waals surface area contributed by atoms with Gasteiger partial charge < -0.3 is 5.73 Å². The van der Waals surface area contributed by atoms with Gasteiger partial charge in [0.25, 0.3) is 10.0 Å². The molecular formula is C11H16N2O3S. The van der Waals surface area contributed by atoms with Gasteiger partial charge in [0.1, 0.15) is 0 Å². The Balaban J connectivity index is 2.40. The zero-order valence-electron chi connectivity index (χ0n) is 9.72. The van der Waals surface area contributed by atoms with Crippen LogP contribution in [-0.2, 0) is 14.9 Å². The van der Waals surface area contributed by atoms with Crippen molar-refractivity contribution in [2.75, 3.05) is 18.9 Å². The normalized spacial score (nSPS) is 18.2. The fourth-order valence-corrected chi connectivity index (χ4v) is 3.33. The van der Waals surface area contributed by atoms with Crippen molar-refractivity contribution >= 4 is 15.7 Å². The Morgan fingerprint density at radius 3 is 2.76 bits per heavy atom. The summed E-state index contributed by atoms with van der Waals surface area (Å²) in [6.45, 7) is 2.59. The highest BCUT2D eigenvalue weighted by Gasteiger charge is 2.28. The van der Waals surface area contributed by atoms with Crippen LogP contribution < -0.4 is 5.73 Å². The molecular weight excluding hydrogens is 240 g/mol. The van der Waals surface area contributed by atoms with E-state index in [1.807, 2.05) is 0 Å². The van der Waals surface area contributed by atoms with Crippen LogP contribution in [0.2, 0.25) is 0 Å². The maximum atomic E-state index is 12.3. The summed E-state index contributed by atoms with van der Waals surface area (Å²) < 4.78 is 25.7. The molecule has 1 aromatic rings. The molecule has 0 amide bonds. The Hall–Kier alpha value is -1.11. The lowest BCUT2D eigenvalue weighted by Crippen LogP contribution is -2.36. The second-order valence-corrected chi connectivity index (χ2v) is 5.89. The van der Waals surface area contributed by atoms with E-state index in [9.17, 15) is 8.42 Å². The molecule has 2 N–H and O–H groups in total. The molecule has 0 aliphatic carbocycles. The number of hydroxylamine groups is 1. The van der Waals surface area contributed by atoms with Crippen molar-refractivity contribution in [1.82, 2.24) is 4.47 Å². The van der Waals surface area contributed by atoms with Crippen LogP contribution in [0.4, 0.5) is 5.69 Å². The molecule has 0 saturated carbocycles. The van der Waals surface area contributed by atoms with E-state index in [1.165, 1.54) is 6.07 Å². The van der Waals surface area contributed by atoms with E-state index in [-0.39, 0.29) is 4.90 Å². The number of hydrogen-bond acceptors (Lipinski definition) is 4. The summed E-state index contributed by atoms with van der Waals surface area (Å²) >= 11 is 0. The summed E-state index contributed by atoms with van der Waals surface area (Å²) in [6, 6.07) is 4.86. The van der Waals surface area contributed by atoms with Gasteiger partial charge in [-0.25, -0.2) is 8.42 Å². The van der Waals surface area contributed by atoms with Gasteiger partial charge in [0.05, 0.1) is 11.5 Å². The lowest BCUT2D eigenvalue weighted by molar-refractivity contribution is -0.108. The van der Waals surface area contributed by atoms with Gasteiger partial charge in [0.2, 0.25) is 0 Å². The van der Waals surface area contributed by atoms with Crippen molar-refractivity contribution < 1.29 is 13.3 Å². The van der Waals surface area contributed by atoms with Crippen LogP contribution in [0.25, 0.3) is 0 Å². The maximum absolute atomic E-state index is 12.3. The summed E-state index contributed by atoms with van der Waals surface area (Å²) in [5, 5.41) is 0. The van der Waals surface area contributed by atoms with E-state index in [1.54, 1.807) is 19.1 Å². The summed E-state index contributed by atoms with van der Waals surface area (Å²) in [4.78, 5) is 5.42. The van der Waals surface area contributed by atoms with Crippen molar-refractivity contribution in [2.45, 2.75) is 24.7 Å². The van der Waals surface area contributed by atoms with Gasteiger partial charge >= 0.3 is 0 Å². The molecule has 94 valence electrons. The Morgan fingerprint density at radius 1 is 1.35 bits per heavy atom. The third kappa shape index (κ3) is 2.43. The van der Waals surface area contributed by atoms with Gasteiger partial charge in [-0.3, -0.25) is 4.84 Å². The average molecular weight is 256 g/mol. The summed E-state index contributed by atoms with van der Waals surface area (Å²) in [5.74, 6) is 0. The number of nitrogens with two attached hydrogens (primary N) is 1. The predicted octanol–water partition coefficient (Wildman–Crippen LogP) is 1.29. The Kier molecular flexibility index (Phi) is 3.37. The molecule has 0 spiro atoms. The predicted molar refractivity (Wildman–Crippen MR) is 64.7 cm³/mol. The highest BCUT2D eigenvalue weighted by molar-refractivity contribution is 7.89. The van der Waals surface area contributed by atoms with Crippen LogP contribution in [0.1, 0.15) is 18.4 Å². The summed E-state index contributed by atoms with van der Waals surface area (Å²) in [6.07, 6.45) is 1.71. The molecule has 1 aromatic carbocycles. The second-order valence-electron chi connectivity index (χ2n) is 4.10. The molecule has 1 saturated heterocycles. The standard InChI is InChI=1S/C11H16N2O3S/c1-9-4-5-10(12)8-11(9)17(14,15)13-6-2-3-7-16-13/h4-5,8H,2-3,6-7,12H2,1H3. The first-order valence-electron chi connectivity index (χ1n) is 5.53. The van der Waals surface area contributed by atoms with Gasteiger partial charge in [0, 0.05) is 12.2 Å². The molecule has 0 radical (unpaired) electrons. The van der Waals surface area contributed by atoms with Crippen molar-refractivity contribution in [1.29, 1.82) is 0 Å². The lowest BCUT2D eigenvalue weighted by Gasteiger charge is -2.25. The van der Waals surface area contributed by atoms with Crippen LogP contribution >= 0.6 is 0 Å². The van der Waals surface area contributed by atoms with E-state index >= 15 is 0 Å². The molecule has 6 heteroatoms. The Morgan fingerprint density at radius 2 is 2.12 bits per heavy atom. The zero-order chi connectivity index (χ0) is 12.5. The molecule has 0 aromatic heterocycles. The van der Waals surface area contributed by atoms with Gasteiger partial charge in [-0.2, -0.15) is 0 Å². The minimum Gasteiger partial charge on any atom is -0.399 e. The first kappa shape index (κ1) is 12.3. The Labute approximate surface area is 101 Å². The van der Waals surface area contributed by atoms with Crippen molar-refractivity contribution in [3.63, 3.8) is 0 Å². The SMILES string of the molecule is Cc1ccc(N)cc1S(=O)(=O)N1CCCCO1. The number of benzene rings is 1. The fraction of sp³-hybridized carbons (Fsp3) is 0.455. The number of nitrogen functional groups attached to an aromatic ring is 1. The van der Waals surface area contributed by atoms with E-state index in [2.05, 4.69) is 0 Å².